The van der Waals surface area contributed by atoms with Crippen LogP contribution in [0.25, 0.3) is 0 Å². The van der Waals surface area contributed by atoms with Gasteiger partial charge in [0.25, 0.3) is 0 Å². The van der Waals surface area contributed by atoms with Gasteiger partial charge in [-0.15, -0.1) is 0 Å². The van der Waals surface area contributed by atoms with Gasteiger partial charge < -0.3 is 10.6 Å². The Balaban J connectivity index is 2.08. The third-order valence-corrected chi connectivity index (χ3v) is 4.05. The molecule has 3 nitrogen and oxygen atoms in total. The molecule has 1 heterocycles. The average Bonchev–Trinajstić information content (AvgIpc) is 2.34. The molecular formula is C15H25N3. The number of nitrogens with zero attached hydrogens (tertiary/aromatic N) is 2. The Bertz CT molecular complexity index is 383. The smallest absolute Gasteiger partial charge is 0.0367 e. The summed E-state index contributed by atoms with van der Waals surface area (Å²) in [6, 6.07) is 8.86. The minimum absolute atomic E-state index is 0.244. The number of hydrogen-bond donors (Lipinski definition) is 1. The van der Waals surface area contributed by atoms with Gasteiger partial charge >= 0.3 is 0 Å². The van der Waals surface area contributed by atoms with Crippen LogP contribution in [0.5, 0.6) is 0 Å². The maximum Gasteiger partial charge on any atom is 0.0367 e. The highest BCUT2D eigenvalue weighted by atomic mass is 15.3. The van der Waals surface area contributed by atoms with E-state index in [1.165, 1.54) is 11.3 Å². The minimum Gasteiger partial charge on any atom is -0.368 e. The van der Waals surface area contributed by atoms with E-state index in [1.54, 1.807) is 0 Å². The van der Waals surface area contributed by atoms with E-state index in [4.69, 9.17) is 5.73 Å². The van der Waals surface area contributed by atoms with E-state index in [1.807, 2.05) is 0 Å². The van der Waals surface area contributed by atoms with Crippen molar-refractivity contribution in [1.82, 2.24) is 4.90 Å². The van der Waals surface area contributed by atoms with Gasteiger partial charge in [-0.3, -0.25) is 4.90 Å². The second-order valence-electron chi connectivity index (χ2n) is 5.86. The van der Waals surface area contributed by atoms with E-state index in [0.717, 1.165) is 32.6 Å². The summed E-state index contributed by atoms with van der Waals surface area (Å²) in [6.45, 7) is 8.65. The Hall–Kier alpha value is -1.06. The maximum absolute atomic E-state index is 5.58. The van der Waals surface area contributed by atoms with Crippen LogP contribution in [0.15, 0.2) is 24.3 Å². The van der Waals surface area contributed by atoms with Crippen molar-refractivity contribution in [3.63, 3.8) is 0 Å². The van der Waals surface area contributed by atoms with Gasteiger partial charge in [0.15, 0.2) is 0 Å². The SMILES string of the molecule is CN1CCN(c2ccc(CCN)cc2)CC1(C)C. The Morgan fingerprint density at radius 2 is 1.83 bits per heavy atom. The molecule has 1 aliphatic rings. The molecule has 2 N–H and O–H groups in total. The Kier molecular flexibility index (Phi) is 3.93. The van der Waals surface area contributed by atoms with Gasteiger partial charge in [-0.25, -0.2) is 0 Å². The second-order valence-corrected chi connectivity index (χ2v) is 5.86. The van der Waals surface area contributed by atoms with E-state index in [0.29, 0.717) is 0 Å². The Morgan fingerprint density at radius 3 is 2.39 bits per heavy atom. The molecule has 0 atom stereocenters. The van der Waals surface area contributed by atoms with Gasteiger partial charge in [-0.1, -0.05) is 12.1 Å². The average molecular weight is 247 g/mol. The zero-order chi connectivity index (χ0) is 13.2. The molecule has 0 radical (unpaired) electrons. The molecule has 2 rings (SSSR count). The van der Waals surface area contributed by atoms with Gasteiger partial charge in [0, 0.05) is 30.9 Å². The Labute approximate surface area is 111 Å². The molecule has 3 heteroatoms. The fourth-order valence-electron chi connectivity index (χ4n) is 2.50. The van der Waals surface area contributed by atoms with E-state index in [2.05, 4.69) is 55.0 Å². The predicted molar refractivity (Wildman–Crippen MR) is 78.1 cm³/mol. The quantitative estimate of drug-likeness (QED) is 0.883. The normalized spacial score (nSPS) is 20.1. The number of hydrogen-bond acceptors (Lipinski definition) is 3. The van der Waals surface area contributed by atoms with Gasteiger partial charge in [0.05, 0.1) is 0 Å². The van der Waals surface area contributed by atoms with Crippen LogP contribution in [0, 0.1) is 0 Å². The summed E-state index contributed by atoms with van der Waals surface area (Å²) in [7, 11) is 2.21. The van der Waals surface area contributed by atoms with Crippen molar-refractivity contribution in [3.8, 4) is 0 Å². The van der Waals surface area contributed by atoms with Crippen molar-refractivity contribution in [3.05, 3.63) is 29.8 Å². The third-order valence-electron chi connectivity index (χ3n) is 4.05. The second kappa shape index (κ2) is 5.29. The van der Waals surface area contributed by atoms with Gasteiger partial charge in [-0.05, 0) is 51.6 Å². The molecule has 0 bridgehead atoms. The topological polar surface area (TPSA) is 32.5 Å². The summed E-state index contributed by atoms with van der Waals surface area (Å²) in [4.78, 5) is 4.92. The number of piperazine rings is 1. The molecule has 18 heavy (non-hydrogen) atoms. The number of rotatable bonds is 3. The monoisotopic (exact) mass is 247 g/mol. The molecule has 0 spiro atoms. The first kappa shape index (κ1) is 13.4. The van der Waals surface area contributed by atoms with Crippen LogP contribution in [0.2, 0.25) is 0 Å². The molecule has 0 saturated carbocycles. The van der Waals surface area contributed by atoms with Crippen LogP contribution in [0.1, 0.15) is 19.4 Å². The highest BCUT2D eigenvalue weighted by Crippen LogP contribution is 2.24. The molecule has 1 fully saturated rings. The largest absolute Gasteiger partial charge is 0.368 e. The number of anilines is 1. The molecule has 0 aromatic heterocycles. The van der Waals surface area contributed by atoms with Crippen LogP contribution in [0.3, 0.4) is 0 Å². The molecule has 0 unspecified atom stereocenters. The number of likely N-dealkylation sites (N-methyl/N-ethyl adjacent to an activating group) is 1. The molecule has 100 valence electrons. The van der Waals surface area contributed by atoms with Gasteiger partial charge in [-0.2, -0.15) is 0 Å². The number of benzene rings is 1. The summed E-state index contributed by atoms with van der Waals surface area (Å²) < 4.78 is 0. The molecule has 1 saturated heterocycles. The summed E-state index contributed by atoms with van der Waals surface area (Å²) in [5.74, 6) is 0. The van der Waals surface area contributed by atoms with Crippen molar-refractivity contribution in [2.24, 2.45) is 5.73 Å². The lowest BCUT2D eigenvalue weighted by atomic mass is 9.99. The first-order chi connectivity index (χ1) is 8.53. The molecular weight excluding hydrogens is 222 g/mol. The first-order valence-corrected chi connectivity index (χ1v) is 6.78. The van der Waals surface area contributed by atoms with Crippen LogP contribution in [-0.4, -0.2) is 43.7 Å². The fourth-order valence-corrected chi connectivity index (χ4v) is 2.50. The van der Waals surface area contributed by atoms with Crippen molar-refractivity contribution in [1.29, 1.82) is 0 Å². The molecule has 1 aliphatic heterocycles. The van der Waals surface area contributed by atoms with Crippen LogP contribution >= 0.6 is 0 Å². The fraction of sp³-hybridized carbons (Fsp3) is 0.600. The van der Waals surface area contributed by atoms with Crippen molar-refractivity contribution >= 4 is 5.69 Å². The van der Waals surface area contributed by atoms with Crippen LogP contribution in [0.4, 0.5) is 5.69 Å². The zero-order valence-corrected chi connectivity index (χ0v) is 11.8. The van der Waals surface area contributed by atoms with Gasteiger partial charge in [0.1, 0.15) is 0 Å². The van der Waals surface area contributed by atoms with Crippen molar-refractivity contribution < 1.29 is 0 Å². The molecule has 0 aliphatic carbocycles. The van der Waals surface area contributed by atoms with E-state index < -0.39 is 0 Å². The lowest BCUT2D eigenvalue weighted by molar-refractivity contribution is 0.139. The summed E-state index contributed by atoms with van der Waals surface area (Å²) in [6.07, 6.45) is 0.967. The number of nitrogens with two attached hydrogens (primary N) is 1. The molecule has 0 amide bonds. The lowest BCUT2D eigenvalue weighted by Crippen LogP contribution is -2.57. The third kappa shape index (κ3) is 2.85. The zero-order valence-electron chi connectivity index (χ0n) is 11.8. The highest BCUT2D eigenvalue weighted by molar-refractivity contribution is 5.48. The minimum atomic E-state index is 0.244. The van der Waals surface area contributed by atoms with Crippen LogP contribution in [-0.2, 0) is 6.42 Å². The highest BCUT2D eigenvalue weighted by Gasteiger charge is 2.30. The van der Waals surface area contributed by atoms with E-state index >= 15 is 0 Å². The Morgan fingerprint density at radius 1 is 1.17 bits per heavy atom. The van der Waals surface area contributed by atoms with Gasteiger partial charge in [0.2, 0.25) is 0 Å². The standard InChI is InChI=1S/C15H25N3/c1-15(2)12-18(11-10-17(15)3)14-6-4-13(5-7-14)8-9-16/h4-7H,8-12,16H2,1-3H3. The van der Waals surface area contributed by atoms with E-state index in [9.17, 15) is 0 Å². The molecule has 1 aromatic rings. The lowest BCUT2D eigenvalue weighted by Gasteiger charge is -2.46. The summed E-state index contributed by atoms with van der Waals surface area (Å²) in [5, 5.41) is 0. The van der Waals surface area contributed by atoms with Crippen LogP contribution < -0.4 is 10.6 Å². The first-order valence-electron chi connectivity index (χ1n) is 6.78. The van der Waals surface area contributed by atoms with Crippen molar-refractivity contribution in [2.75, 3.05) is 38.1 Å². The summed E-state index contributed by atoms with van der Waals surface area (Å²) in [5.41, 5.74) is 8.48. The van der Waals surface area contributed by atoms with E-state index in [-0.39, 0.29) is 5.54 Å². The predicted octanol–water partition coefficient (Wildman–Crippen LogP) is 1.72. The molecule has 1 aromatic carbocycles. The van der Waals surface area contributed by atoms with Crippen molar-refractivity contribution in [2.45, 2.75) is 25.8 Å². The summed E-state index contributed by atoms with van der Waals surface area (Å²) >= 11 is 0. The maximum atomic E-state index is 5.58.